The van der Waals surface area contributed by atoms with Crippen LogP contribution in [0.15, 0.2) is 77.9 Å². The van der Waals surface area contributed by atoms with Gasteiger partial charge in [-0.15, -0.1) is 0 Å². The molecule has 1 atom stereocenters. The second-order valence-corrected chi connectivity index (χ2v) is 10.6. The van der Waals surface area contributed by atoms with Crippen molar-refractivity contribution in [2.75, 3.05) is 25.5 Å². The van der Waals surface area contributed by atoms with Crippen LogP contribution in [0, 0.1) is 23.6 Å². The molecule has 210 valence electrons. The summed E-state index contributed by atoms with van der Waals surface area (Å²) in [5.74, 6) is 0.236. The van der Waals surface area contributed by atoms with E-state index in [-0.39, 0.29) is 25.1 Å². The Balaban J connectivity index is 0.00000370. The first-order valence-electron chi connectivity index (χ1n) is 12.5. The minimum Gasteiger partial charge on any atom is -0.405 e. The van der Waals surface area contributed by atoms with Gasteiger partial charge in [0.25, 0.3) is 0 Å². The van der Waals surface area contributed by atoms with Gasteiger partial charge in [-0.3, -0.25) is 14.5 Å². The molecule has 1 saturated heterocycles. The zero-order valence-electron chi connectivity index (χ0n) is 22.5. The minimum atomic E-state index is -0.914. The topological polar surface area (TPSA) is 99.4 Å². The van der Waals surface area contributed by atoms with Crippen LogP contribution in [0.4, 0.5) is 10.1 Å². The molecule has 0 amide bonds. The van der Waals surface area contributed by atoms with E-state index in [0.717, 1.165) is 16.8 Å². The summed E-state index contributed by atoms with van der Waals surface area (Å²) >= 11 is 1.17. The molecule has 9 nitrogen and oxygen atoms in total. The molecular formula is C28H32FN7O2S2. The molecule has 1 fully saturated rings. The minimum absolute atomic E-state index is 0. The van der Waals surface area contributed by atoms with Crippen molar-refractivity contribution < 1.29 is 13.4 Å². The molecular weight excluding hydrogens is 549 g/mol. The molecule has 1 unspecified atom stereocenters. The average Bonchev–Trinajstić information content (AvgIpc) is 3.36. The van der Waals surface area contributed by atoms with Gasteiger partial charge in [0.1, 0.15) is 11.5 Å². The van der Waals surface area contributed by atoms with Crippen molar-refractivity contribution in [3.05, 3.63) is 95.0 Å². The third-order valence-corrected chi connectivity index (χ3v) is 7.78. The number of nitrogens with zero attached hydrogens (tertiary/aromatic N) is 5. The number of aryl methyl sites for hydroxylation is 2. The molecule has 5 rings (SSSR count). The third-order valence-electron chi connectivity index (χ3n) is 7.06. The normalized spacial score (nSPS) is 19.0. The lowest BCUT2D eigenvalue weighted by atomic mass is 9.65. The van der Waals surface area contributed by atoms with Gasteiger partial charge in [0.2, 0.25) is 0 Å². The number of hydrazine groups is 1. The Morgan fingerprint density at radius 3 is 2.75 bits per heavy atom. The van der Waals surface area contributed by atoms with Crippen molar-refractivity contribution in [2.45, 2.75) is 19.8 Å². The van der Waals surface area contributed by atoms with Gasteiger partial charge >= 0.3 is 0 Å². The zero-order chi connectivity index (χ0) is 27.6. The van der Waals surface area contributed by atoms with Crippen LogP contribution in [0.2, 0.25) is 0 Å². The number of rotatable bonds is 9. The number of nitrogens with one attached hydrogen (secondary N) is 2. The number of pyridine rings is 1. The lowest BCUT2D eigenvalue weighted by Crippen LogP contribution is -2.54. The molecule has 0 saturated carbocycles. The van der Waals surface area contributed by atoms with E-state index in [0.29, 0.717) is 48.6 Å². The van der Waals surface area contributed by atoms with Crippen molar-refractivity contribution in [1.82, 2.24) is 24.2 Å². The fraction of sp³-hybridized carbons (Fsp3) is 0.286. The van der Waals surface area contributed by atoms with E-state index >= 15 is 0 Å². The first-order valence-corrected chi connectivity index (χ1v) is 13.2. The second kappa shape index (κ2) is 12.4. The molecule has 1 aliphatic carbocycles. The molecule has 2 N–H and O–H groups in total. The number of anilines is 1. The number of benzene rings is 1. The molecule has 12 heteroatoms. The number of piperidine rings is 1. The van der Waals surface area contributed by atoms with Crippen LogP contribution in [-0.2, 0) is 7.05 Å². The molecule has 1 aliphatic heterocycles. The summed E-state index contributed by atoms with van der Waals surface area (Å²) in [4.78, 5) is 18.7. The first-order chi connectivity index (χ1) is 18.8. The van der Waals surface area contributed by atoms with Crippen molar-refractivity contribution in [1.29, 1.82) is 5.41 Å². The maximum absolute atomic E-state index is 14.3. The standard InChI is InChI=1S/C28H30FN7O2S.H2S/c1-19-8-10-31-26(12-19)27(37)28-14-20(15-30)25(33-23-6-4-22(29)5-7-23)13-21(28)9-11-36(18-28)35(3)39-38-24-16-32-34(2)17-24;/h4-8,10,12-13,15-17,30,33H,9,11,14,18H2,1-3H3;1H2. The number of ketones is 1. The number of fused-ring (bicyclic) bond motifs is 1. The quantitative estimate of drug-likeness (QED) is 0.156. The van der Waals surface area contributed by atoms with Gasteiger partial charge in [-0.2, -0.15) is 23.0 Å². The first kappa shape index (κ1) is 29.5. The Bertz CT molecular complexity index is 1460. The van der Waals surface area contributed by atoms with Crippen LogP contribution in [0.1, 0.15) is 28.9 Å². The number of Topliss-reactive ketones (excluding diaryl/α,β-unsaturated/α-hetero) is 1. The second-order valence-electron chi connectivity index (χ2n) is 9.80. The van der Waals surface area contributed by atoms with Gasteiger partial charge in [0.15, 0.2) is 23.8 Å². The molecule has 0 radical (unpaired) electrons. The molecule has 3 heterocycles. The monoisotopic (exact) mass is 581 g/mol. The van der Waals surface area contributed by atoms with Crippen LogP contribution < -0.4 is 9.50 Å². The molecule has 2 aliphatic rings. The summed E-state index contributed by atoms with van der Waals surface area (Å²) in [6, 6.07) is 9.77. The Morgan fingerprint density at radius 1 is 1.30 bits per heavy atom. The van der Waals surface area contributed by atoms with E-state index in [9.17, 15) is 9.18 Å². The van der Waals surface area contributed by atoms with E-state index in [1.165, 1.54) is 30.6 Å². The van der Waals surface area contributed by atoms with E-state index in [1.807, 2.05) is 43.6 Å². The largest absolute Gasteiger partial charge is 0.405 e. The van der Waals surface area contributed by atoms with E-state index in [2.05, 4.69) is 20.4 Å². The summed E-state index contributed by atoms with van der Waals surface area (Å²) in [6.45, 7) is 3.01. The fourth-order valence-electron chi connectivity index (χ4n) is 5.01. The number of carbonyl (C=O) groups excluding carboxylic acids is 1. The van der Waals surface area contributed by atoms with Crippen molar-refractivity contribution >= 4 is 43.4 Å². The van der Waals surface area contributed by atoms with Gasteiger partial charge < -0.3 is 14.9 Å². The highest BCUT2D eigenvalue weighted by atomic mass is 32.2. The maximum atomic E-state index is 14.3. The Morgan fingerprint density at radius 2 is 2.08 bits per heavy atom. The van der Waals surface area contributed by atoms with E-state index in [4.69, 9.17) is 9.59 Å². The van der Waals surface area contributed by atoms with Gasteiger partial charge in [0, 0.05) is 51.0 Å². The predicted molar refractivity (Wildman–Crippen MR) is 160 cm³/mol. The number of halogens is 1. The fourth-order valence-corrected chi connectivity index (χ4v) is 5.53. The summed E-state index contributed by atoms with van der Waals surface area (Å²) in [6.07, 6.45) is 9.32. The van der Waals surface area contributed by atoms with Crippen LogP contribution in [-0.4, -0.2) is 56.3 Å². The number of hydrogen-bond donors (Lipinski definition) is 2. The van der Waals surface area contributed by atoms with Gasteiger partial charge in [-0.1, -0.05) is 5.57 Å². The van der Waals surface area contributed by atoms with Crippen molar-refractivity contribution in [3.63, 3.8) is 0 Å². The average molecular weight is 582 g/mol. The van der Waals surface area contributed by atoms with Crippen LogP contribution in [0.3, 0.4) is 0 Å². The van der Waals surface area contributed by atoms with E-state index in [1.54, 1.807) is 35.4 Å². The zero-order valence-corrected chi connectivity index (χ0v) is 24.3. The summed E-state index contributed by atoms with van der Waals surface area (Å²) in [5.41, 5.74) is 3.57. The molecule has 40 heavy (non-hydrogen) atoms. The summed E-state index contributed by atoms with van der Waals surface area (Å²) in [7, 11) is 3.72. The SMILES string of the molecule is Cc1ccnc(C(=O)C23CC(C=N)=C(Nc4ccc(F)cc4)C=C2CCN(N(C)SOc2cnn(C)c2)C3)c1.S. The Labute approximate surface area is 244 Å². The van der Waals surface area contributed by atoms with Crippen molar-refractivity contribution in [2.24, 2.45) is 12.5 Å². The highest BCUT2D eigenvalue weighted by Crippen LogP contribution is 2.47. The predicted octanol–water partition coefficient (Wildman–Crippen LogP) is 5.09. The molecule has 0 bridgehead atoms. The molecule has 3 aromatic rings. The maximum Gasteiger partial charge on any atom is 0.193 e. The summed E-state index contributed by atoms with van der Waals surface area (Å²) in [5, 5.41) is 17.7. The Hall–Kier alpha value is -3.45. The van der Waals surface area contributed by atoms with Gasteiger partial charge in [-0.05, 0) is 73.4 Å². The Kier molecular flexibility index (Phi) is 9.14. The molecule has 2 aromatic heterocycles. The highest BCUT2D eigenvalue weighted by molar-refractivity contribution is 7.92. The van der Waals surface area contributed by atoms with Crippen LogP contribution in [0.5, 0.6) is 5.75 Å². The summed E-state index contributed by atoms with van der Waals surface area (Å²) < 4.78 is 22.8. The molecule has 1 aromatic carbocycles. The smallest absolute Gasteiger partial charge is 0.193 e. The highest BCUT2D eigenvalue weighted by Gasteiger charge is 2.49. The van der Waals surface area contributed by atoms with Gasteiger partial charge in [-0.25, -0.2) is 9.40 Å². The van der Waals surface area contributed by atoms with Crippen LogP contribution in [0.25, 0.3) is 0 Å². The third kappa shape index (κ3) is 6.15. The lowest BCUT2D eigenvalue weighted by Gasteiger charge is -2.47. The van der Waals surface area contributed by atoms with Crippen molar-refractivity contribution in [3.8, 4) is 5.75 Å². The van der Waals surface area contributed by atoms with Gasteiger partial charge in [0.05, 0.1) is 17.8 Å². The lowest BCUT2D eigenvalue weighted by molar-refractivity contribution is 0.0224. The molecule has 0 spiro atoms. The number of carbonyl (C=O) groups is 1. The number of hydrogen-bond acceptors (Lipinski definition) is 9. The number of aromatic nitrogens is 3. The van der Waals surface area contributed by atoms with Crippen LogP contribution >= 0.6 is 25.7 Å². The number of allylic oxidation sites excluding steroid dienone is 2. The van der Waals surface area contributed by atoms with E-state index < -0.39 is 5.41 Å².